The van der Waals surface area contributed by atoms with Crippen molar-refractivity contribution in [2.75, 3.05) is 5.73 Å². The third-order valence-electron chi connectivity index (χ3n) is 2.57. The molecule has 0 aliphatic rings. The van der Waals surface area contributed by atoms with Crippen LogP contribution < -0.4 is 11.3 Å². The molecule has 0 fully saturated rings. The number of pyridine rings is 1. The van der Waals surface area contributed by atoms with E-state index < -0.39 is 11.4 Å². The van der Waals surface area contributed by atoms with E-state index in [1.165, 1.54) is 28.8 Å². The van der Waals surface area contributed by atoms with Gasteiger partial charge in [-0.1, -0.05) is 0 Å². The minimum Gasteiger partial charge on any atom is -0.507 e. The van der Waals surface area contributed by atoms with Crippen molar-refractivity contribution in [2.24, 2.45) is 0 Å². The van der Waals surface area contributed by atoms with Gasteiger partial charge >= 0.3 is 0 Å². The quantitative estimate of drug-likeness (QED) is 0.787. The molecule has 3 N–H and O–H groups in total. The summed E-state index contributed by atoms with van der Waals surface area (Å²) >= 11 is 0. The summed E-state index contributed by atoms with van der Waals surface area (Å²) in [4.78, 5) is 11.7. The van der Waals surface area contributed by atoms with Gasteiger partial charge in [-0.2, -0.15) is 0 Å². The molecule has 17 heavy (non-hydrogen) atoms. The van der Waals surface area contributed by atoms with Gasteiger partial charge in [-0.05, 0) is 31.2 Å². The maximum Gasteiger partial charge on any atom is 0.260 e. The Morgan fingerprint density at radius 3 is 2.47 bits per heavy atom. The van der Waals surface area contributed by atoms with E-state index in [0.717, 1.165) is 6.07 Å². The summed E-state index contributed by atoms with van der Waals surface area (Å²) in [6.07, 6.45) is 0. The van der Waals surface area contributed by atoms with Gasteiger partial charge in [0.25, 0.3) is 5.56 Å². The zero-order valence-electron chi connectivity index (χ0n) is 9.14. The number of nitrogen functional groups attached to an aromatic ring is 1. The summed E-state index contributed by atoms with van der Waals surface area (Å²) < 4.78 is 14.0. The largest absolute Gasteiger partial charge is 0.507 e. The van der Waals surface area contributed by atoms with Crippen LogP contribution in [0.15, 0.2) is 35.1 Å². The molecule has 0 unspecified atom stereocenters. The number of aromatic nitrogens is 1. The number of aromatic hydroxyl groups is 1. The lowest BCUT2D eigenvalue weighted by atomic mass is 10.2. The predicted molar refractivity (Wildman–Crippen MR) is 62.8 cm³/mol. The van der Waals surface area contributed by atoms with Crippen LogP contribution in [0.2, 0.25) is 0 Å². The Hall–Kier alpha value is -2.30. The monoisotopic (exact) mass is 234 g/mol. The third-order valence-corrected chi connectivity index (χ3v) is 2.57. The van der Waals surface area contributed by atoms with Gasteiger partial charge in [-0.25, -0.2) is 4.39 Å². The van der Waals surface area contributed by atoms with E-state index in [-0.39, 0.29) is 11.6 Å². The Morgan fingerprint density at radius 2 is 1.88 bits per heavy atom. The Labute approximate surface area is 96.7 Å². The van der Waals surface area contributed by atoms with Gasteiger partial charge in [0.05, 0.1) is 5.69 Å². The summed E-state index contributed by atoms with van der Waals surface area (Å²) in [6.45, 7) is 1.60. The number of hydrogen-bond acceptors (Lipinski definition) is 3. The van der Waals surface area contributed by atoms with Crippen molar-refractivity contribution in [1.29, 1.82) is 0 Å². The molecule has 0 saturated heterocycles. The molecule has 5 heteroatoms. The van der Waals surface area contributed by atoms with Crippen LogP contribution in [0.5, 0.6) is 5.75 Å². The molecule has 2 aromatic rings. The number of nitrogens with two attached hydrogens (primary N) is 1. The Morgan fingerprint density at radius 1 is 1.29 bits per heavy atom. The smallest absolute Gasteiger partial charge is 0.260 e. The zero-order valence-corrected chi connectivity index (χ0v) is 9.14. The fourth-order valence-electron chi connectivity index (χ4n) is 1.56. The highest BCUT2D eigenvalue weighted by Gasteiger charge is 2.10. The Bertz CT molecular complexity index is 618. The molecule has 0 spiro atoms. The molecule has 0 amide bonds. The normalized spacial score (nSPS) is 10.5. The van der Waals surface area contributed by atoms with Crippen LogP contribution in [0.1, 0.15) is 5.56 Å². The first-order valence-corrected chi connectivity index (χ1v) is 4.97. The van der Waals surface area contributed by atoms with Gasteiger partial charge in [-0.15, -0.1) is 0 Å². The molecule has 1 heterocycles. The average molecular weight is 234 g/mol. The zero-order chi connectivity index (χ0) is 12.6. The van der Waals surface area contributed by atoms with Crippen LogP contribution in [0.25, 0.3) is 5.69 Å². The van der Waals surface area contributed by atoms with Gasteiger partial charge in [0, 0.05) is 11.6 Å². The van der Waals surface area contributed by atoms with Gasteiger partial charge in [0.2, 0.25) is 0 Å². The molecule has 2 rings (SSSR count). The molecule has 1 aromatic carbocycles. The molecule has 1 aromatic heterocycles. The minimum atomic E-state index is -0.461. The Kier molecular flexibility index (Phi) is 2.59. The molecular formula is C12H11FN2O2. The average Bonchev–Trinajstić information content (AvgIpc) is 2.29. The van der Waals surface area contributed by atoms with Crippen molar-refractivity contribution in [3.8, 4) is 11.4 Å². The lowest BCUT2D eigenvalue weighted by Crippen LogP contribution is -2.21. The second-order valence-electron chi connectivity index (χ2n) is 3.69. The number of hydrogen-bond donors (Lipinski definition) is 2. The maximum absolute atomic E-state index is 12.8. The van der Waals surface area contributed by atoms with Crippen LogP contribution in [0, 0.1) is 12.7 Å². The second kappa shape index (κ2) is 3.93. The van der Waals surface area contributed by atoms with E-state index >= 15 is 0 Å². The predicted octanol–water partition coefficient (Wildman–Crippen LogP) is 1.57. The maximum atomic E-state index is 12.8. The second-order valence-corrected chi connectivity index (χ2v) is 3.69. The fourth-order valence-corrected chi connectivity index (χ4v) is 1.56. The van der Waals surface area contributed by atoms with Crippen molar-refractivity contribution >= 4 is 5.82 Å². The lowest BCUT2D eigenvalue weighted by molar-refractivity contribution is 0.469. The summed E-state index contributed by atoms with van der Waals surface area (Å²) in [7, 11) is 0. The molecule has 88 valence electrons. The first-order chi connectivity index (χ1) is 8.00. The standard InChI is InChI=1S/C12H11FN2O2/c1-7-10(16)6-11(17)15(12(7)14)9-4-2-8(13)3-5-9/h2-6,16H,14H2,1H3. The fraction of sp³-hybridized carbons (Fsp3) is 0.0833. The number of benzene rings is 1. The van der Waals surface area contributed by atoms with Crippen LogP contribution in [0.4, 0.5) is 10.2 Å². The number of rotatable bonds is 1. The highest BCUT2D eigenvalue weighted by molar-refractivity contribution is 5.53. The van der Waals surface area contributed by atoms with Gasteiger partial charge in [0.1, 0.15) is 17.4 Å². The van der Waals surface area contributed by atoms with Crippen molar-refractivity contribution < 1.29 is 9.50 Å². The molecule has 0 atom stereocenters. The van der Waals surface area contributed by atoms with Crippen LogP contribution in [-0.4, -0.2) is 9.67 Å². The van der Waals surface area contributed by atoms with Gasteiger partial charge in [0.15, 0.2) is 0 Å². The third kappa shape index (κ3) is 1.87. The number of anilines is 1. The van der Waals surface area contributed by atoms with Crippen molar-refractivity contribution in [3.63, 3.8) is 0 Å². The van der Waals surface area contributed by atoms with E-state index in [4.69, 9.17) is 5.73 Å². The molecule has 0 aliphatic carbocycles. The van der Waals surface area contributed by atoms with Crippen molar-refractivity contribution in [1.82, 2.24) is 4.57 Å². The molecule has 0 saturated carbocycles. The minimum absolute atomic E-state index is 0.140. The highest BCUT2D eigenvalue weighted by Crippen LogP contribution is 2.21. The number of nitrogens with zero attached hydrogens (tertiary/aromatic N) is 1. The van der Waals surface area contributed by atoms with E-state index in [2.05, 4.69) is 0 Å². The van der Waals surface area contributed by atoms with Gasteiger partial charge in [-0.3, -0.25) is 9.36 Å². The first kappa shape index (κ1) is 11.2. The topological polar surface area (TPSA) is 68.2 Å². The summed E-state index contributed by atoms with van der Waals surface area (Å²) in [6, 6.07) is 6.45. The molecule has 4 nitrogen and oxygen atoms in total. The summed E-state index contributed by atoms with van der Waals surface area (Å²) in [5.74, 6) is -0.400. The lowest BCUT2D eigenvalue weighted by Gasteiger charge is -2.12. The first-order valence-electron chi connectivity index (χ1n) is 4.97. The molecule has 0 bridgehead atoms. The Balaban J connectivity index is 2.72. The molecule has 0 radical (unpaired) electrons. The summed E-state index contributed by atoms with van der Waals surface area (Å²) in [5, 5.41) is 9.44. The molecular weight excluding hydrogens is 223 g/mol. The summed E-state index contributed by atoms with van der Waals surface area (Å²) in [5.41, 5.74) is 6.17. The van der Waals surface area contributed by atoms with Crippen LogP contribution in [-0.2, 0) is 0 Å². The number of halogens is 1. The molecule has 0 aliphatic heterocycles. The van der Waals surface area contributed by atoms with Crippen LogP contribution in [0.3, 0.4) is 0 Å². The SMILES string of the molecule is Cc1c(O)cc(=O)n(-c2ccc(F)cc2)c1N. The van der Waals surface area contributed by atoms with E-state index in [1.807, 2.05) is 0 Å². The van der Waals surface area contributed by atoms with E-state index in [9.17, 15) is 14.3 Å². The highest BCUT2D eigenvalue weighted by atomic mass is 19.1. The van der Waals surface area contributed by atoms with E-state index in [0.29, 0.717) is 11.3 Å². The van der Waals surface area contributed by atoms with Crippen LogP contribution >= 0.6 is 0 Å². The van der Waals surface area contributed by atoms with Gasteiger partial charge < -0.3 is 10.8 Å². The van der Waals surface area contributed by atoms with Crippen molar-refractivity contribution in [3.05, 3.63) is 52.1 Å². The van der Waals surface area contributed by atoms with E-state index in [1.54, 1.807) is 6.92 Å². The van der Waals surface area contributed by atoms with Crippen molar-refractivity contribution in [2.45, 2.75) is 6.92 Å².